The number of hydrogen-bond donors (Lipinski definition) is 3. The van der Waals surface area contributed by atoms with Crippen molar-refractivity contribution in [1.29, 1.82) is 0 Å². The second kappa shape index (κ2) is 9.62. The fraction of sp³-hybridized carbons (Fsp3) is 0.304. The van der Waals surface area contributed by atoms with Gasteiger partial charge in [-0.25, -0.2) is 12.8 Å². The summed E-state index contributed by atoms with van der Waals surface area (Å²) in [5.74, 6) is -2.02. The van der Waals surface area contributed by atoms with E-state index < -0.39 is 37.8 Å². The van der Waals surface area contributed by atoms with Gasteiger partial charge < -0.3 is 15.3 Å². The van der Waals surface area contributed by atoms with Crippen LogP contribution in [0, 0.1) is 11.7 Å². The number of amidine groups is 1. The van der Waals surface area contributed by atoms with E-state index in [0.29, 0.717) is 5.56 Å². The molecule has 1 amide bonds. The summed E-state index contributed by atoms with van der Waals surface area (Å²) in [4.78, 5) is 14.8. The van der Waals surface area contributed by atoms with Crippen molar-refractivity contribution in [3.8, 4) is 0 Å². The predicted octanol–water partition coefficient (Wildman–Crippen LogP) is 3.63. The van der Waals surface area contributed by atoms with E-state index in [9.17, 15) is 31.1 Å². The molecule has 0 aliphatic carbocycles. The van der Waals surface area contributed by atoms with Crippen LogP contribution in [-0.4, -0.2) is 50.9 Å². The first kappa shape index (κ1) is 26.9. The second-order valence-electron chi connectivity index (χ2n) is 9.14. The maximum Gasteiger partial charge on any atom is 0.286 e. The van der Waals surface area contributed by atoms with Gasteiger partial charge in [-0.1, -0.05) is 31.5 Å². The Kier molecular flexibility index (Phi) is 6.99. The first-order chi connectivity index (χ1) is 17.2. The molecule has 0 fully saturated rings. The first-order valence-electron chi connectivity index (χ1n) is 11.1. The highest BCUT2D eigenvalue weighted by Crippen LogP contribution is 2.35. The lowest BCUT2D eigenvalue weighted by molar-refractivity contribution is -0.132. The zero-order valence-electron chi connectivity index (χ0n) is 20.0. The van der Waals surface area contributed by atoms with Crippen LogP contribution in [0.5, 0.6) is 0 Å². The summed E-state index contributed by atoms with van der Waals surface area (Å²) in [6, 6.07) is 7.43. The average Bonchev–Trinajstić information content (AvgIpc) is 2.77. The van der Waals surface area contributed by atoms with Crippen LogP contribution in [0.3, 0.4) is 0 Å². The zero-order valence-corrected chi connectivity index (χ0v) is 22.4. The summed E-state index contributed by atoms with van der Waals surface area (Å²) in [7, 11) is -8.02. The molecule has 198 valence electrons. The third kappa shape index (κ3) is 5.58. The fourth-order valence-corrected chi connectivity index (χ4v) is 6.14. The van der Waals surface area contributed by atoms with E-state index in [1.165, 1.54) is 35.2 Å². The number of sulfonamides is 2. The topological polar surface area (TPSA) is 145 Å². The summed E-state index contributed by atoms with van der Waals surface area (Å²) in [5.41, 5.74) is 0.316. The van der Waals surface area contributed by atoms with Gasteiger partial charge in [0, 0.05) is 24.7 Å². The molecule has 2 aliphatic heterocycles. The van der Waals surface area contributed by atoms with Crippen LogP contribution in [0.4, 0.5) is 15.8 Å². The van der Waals surface area contributed by atoms with Gasteiger partial charge in [-0.15, -0.1) is 4.40 Å². The van der Waals surface area contributed by atoms with Gasteiger partial charge in [0.25, 0.3) is 15.9 Å². The van der Waals surface area contributed by atoms with Crippen LogP contribution in [0.1, 0.15) is 25.8 Å². The van der Waals surface area contributed by atoms with Crippen LogP contribution in [-0.2, 0) is 31.4 Å². The van der Waals surface area contributed by atoms with E-state index in [1.807, 2.05) is 13.8 Å². The Morgan fingerprint density at radius 2 is 1.97 bits per heavy atom. The van der Waals surface area contributed by atoms with E-state index in [4.69, 9.17) is 11.6 Å². The third-order valence-electron chi connectivity index (χ3n) is 5.94. The van der Waals surface area contributed by atoms with Gasteiger partial charge >= 0.3 is 0 Å². The van der Waals surface area contributed by atoms with Crippen molar-refractivity contribution in [1.82, 2.24) is 4.90 Å². The largest absolute Gasteiger partial charge is 0.511 e. The number of rotatable bonds is 6. The number of nitrogens with one attached hydrogen (secondary N) is 2. The molecular weight excluding hydrogens is 547 g/mol. The molecule has 0 unspecified atom stereocenters. The van der Waals surface area contributed by atoms with Crippen molar-refractivity contribution >= 4 is 54.8 Å². The first-order valence-corrected chi connectivity index (χ1v) is 14.8. The molecule has 4 rings (SSSR count). The van der Waals surface area contributed by atoms with E-state index in [0.717, 1.165) is 12.3 Å². The predicted molar refractivity (Wildman–Crippen MR) is 138 cm³/mol. The summed E-state index contributed by atoms with van der Waals surface area (Å²) in [6.07, 6.45) is 0.966. The lowest BCUT2D eigenvalue weighted by atomic mass is 9.90. The number of aliphatic hydroxyl groups excluding tert-OH is 1. The van der Waals surface area contributed by atoms with Crippen molar-refractivity contribution in [3.63, 3.8) is 0 Å². The summed E-state index contributed by atoms with van der Waals surface area (Å²) >= 11 is 5.90. The second-order valence-corrected chi connectivity index (χ2v) is 12.9. The number of amides is 1. The molecule has 0 radical (unpaired) electrons. The van der Waals surface area contributed by atoms with Crippen molar-refractivity contribution in [2.24, 2.45) is 10.3 Å². The monoisotopic (exact) mass is 570 g/mol. The minimum atomic E-state index is -4.37. The molecule has 2 aliphatic rings. The van der Waals surface area contributed by atoms with Gasteiger partial charge in [-0.2, -0.15) is 8.42 Å². The van der Waals surface area contributed by atoms with Crippen LogP contribution in [0.2, 0.25) is 5.02 Å². The van der Waals surface area contributed by atoms with Crippen molar-refractivity contribution in [2.75, 3.05) is 16.3 Å². The Balaban J connectivity index is 1.72. The minimum Gasteiger partial charge on any atom is -0.511 e. The molecule has 37 heavy (non-hydrogen) atoms. The number of halogens is 2. The molecule has 0 saturated carbocycles. The molecule has 0 saturated heterocycles. The number of carbonyl (C=O) groups excluding carboxylic acids is 1. The molecule has 14 heteroatoms. The van der Waals surface area contributed by atoms with Gasteiger partial charge in [-0.3, -0.25) is 9.52 Å². The van der Waals surface area contributed by atoms with Crippen molar-refractivity contribution in [3.05, 3.63) is 64.1 Å². The molecule has 2 aromatic carbocycles. The maximum atomic E-state index is 13.6. The third-order valence-corrected chi connectivity index (χ3v) is 8.15. The molecule has 2 aromatic rings. The van der Waals surface area contributed by atoms with Crippen LogP contribution < -0.4 is 10.0 Å². The molecule has 2 heterocycles. The van der Waals surface area contributed by atoms with Crippen LogP contribution >= 0.6 is 11.6 Å². The molecular formula is C23H24ClFN4O6S2. The van der Waals surface area contributed by atoms with Gasteiger partial charge in [0.1, 0.15) is 22.0 Å². The van der Waals surface area contributed by atoms with Crippen molar-refractivity contribution < 1.29 is 31.1 Å². The number of anilines is 2. The number of hydrogen-bond acceptors (Lipinski definition) is 7. The van der Waals surface area contributed by atoms with Crippen molar-refractivity contribution in [2.45, 2.75) is 37.8 Å². The van der Waals surface area contributed by atoms with Crippen LogP contribution in [0.15, 0.2) is 57.0 Å². The molecule has 10 nitrogen and oxygen atoms in total. The Hall–Kier alpha value is -3.16. The normalized spacial score (nSPS) is 19.4. The average molecular weight is 571 g/mol. The zero-order chi connectivity index (χ0) is 27.3. The Labute approximate surface area is 219 Å². The van der Waals surface area contributed by atoms with Gasteiger partial charge in [0.2, 0.25) is 10.0 Å². The summed E-state index contributed by atoms with van der Waals surface area (Å²) in [5, 5.41) is 13.5. The quantitative estimate of drug-likeness (QED) is 0.481. The Morgan fingerprint density at radius 1 is 1.27 bits per heavy atom. The Morgan fingerprint density at radius 3 is 2.59 bits per heavy atom. The molecule has 3 N–H and O–H groups in total. The van der Waals surface area contributed by atoms with E-state index in [1.54, 1.807) is 0 Å². The van der Waals surface area contributed by atoms with E-state index in [-0.39, 0.29) is 57.3 Å². The van der Waals surface area contributed by atoms with E-state index >= 15 is 0 Å². The van der Waals surface area contributed by atoms with E-state index in [2.05, 4.69) is 14.4 Å². The Bertz CT molecular complexity index is 1570. The SMILES string of the molecule is CC(C)[C@H]1CC(O)=C(C2=NS(=O)(=O)c3cc(NS(C)(=O)=O)ccc3N2)C(=O)N1Cc1ccc(F)c(Cl)c1. The molecule has 0 bridgehead atoms. The van der Waals surface area contributed by atoms with Crippen LogP contribution in [0.25, 0.3) is 0 Å². The lowest BCUT2D eigenvalue weighted by Crippen LogP contribution is -2.49. The highest BCUT2D eigenvalue weighted by atomic mass is 35.5. The summed E-state index contributed by atoms with van der Waals surface area (Å²) < 4.78 is 68.6. The number of nitrogens with zero attached hydrogens (tertiary/aromatic N) is 2. The fourth-order valence-electron chi connectivity index (χ4n) is 4.23. The molecule has 1 atom stereocenters. The lowest BCUT2D eigenvalue weighted by Gasteiger charge is -2.39. The van der Waals surface area contributed by atoms with Gasteiger partial charge in [-0.05, 0) is 41.8 Å². The highest BCUT2D eigenvalue weighted by molar-refractivity contribution is 7.92. The number of fused-ring (bicyclic) bond motifs is 1. The number of benzene rings is 2. The minimum absolute atomic E-state index is 0.0185. The molecule has 0 aromatic heterocycles. The molecule has 0 spiro atoms. The number of aliphatic hydroxyl groups is 1. The number of carbonyl (C=O) groups is 1. The smallest absolute Gasteiger partial charge is 0.286 e. The van der Waals surface area contributed by atoms with Gasteiger partial charge in [0.05, 0.1) is 17.0 Å². The highest BCUT2D eigenvalue weighted by Gasteiger charge is 2.40. The van der Waals surface area contributed by atoms with Gasteiger partial charge in [0.15, 0.2) is 5.84 Å². The maximum absolute atomic E-state index is 13.6. The summed E-state index contributed by atoms with van der Waals surface area (Å²) in [6.45, 7) is 3.79. The standard InChI is InChI=1S/C23H24ClFN4O6S2/c1-12(2)18-10-19(30)21(23(31)29(18)11-13-4-6-16(25)15(24)8-13)22-26-17-7-5-14(27-36(3,32)33)9-20(17)37(34,35)28-22/h4-9,12,18,27,30H,10-11H2,1-3H3,(H,26,28)/t18-/m1/s1.